The highest BCUT2D eigenvalue weighted by Gasteiger charge is 2.20. The van der Waals surface area contributed by atoms with Crippen LogP contribution in [0.4, 0.5) is 11.9 Å². The van der Waals surface area contributed by atoms with E-state index in [0.717, 1.165) is 19.4 Å². The van der Waals surface area contributed by atoms with Crippen molar-refractivity contribution in [2.75, 3.05) is 37.0 Å². The predicted molar refractivity (Wildman–Crippen MR) is 79.3 cm³/mol. The molecule has 0 aliphatic rings. The summed E-state index contributed by atoms with van der Waals surface area (Å²) < 4.78 is 5.13. The van der Waals surface area contributed by atoms with Crippen molar-refractivity contribution in [2.24, 2.45) is 0 Å². The first-order valence-electron chi connectivity index (χ1n) is 7.11. The molecule has 0 unspecified atom stereocenters. The summed E-state index contributed by atoms with van der Waals surface area (Å²) in [5.41, 5.74) is 0. The molecule has 0 saturated carbocycles. The third-order valence-electron chi connectivity index (χ3n) is 3.10. The smallest absolute Gasteiger partial charge is 0.322 e. The van der Waals surface area contributed by atoms with Gasteiger partial charge in [-0.15, -0.1) is 0 Å². The Hall–Kier alpha value is -1.63. The average molecular weight is 283 g/mol. The van der Waals surface area contributed by atoms with E-state index in [9.17, 15) is 5.11 Å². The van der Waals surface area contributed by atoms with Crippen molar-refractivity contribution >= 4 is 11.9 Å². The Morgan fingerprint density at radius 1 is 1.20 bits per heavy atom. The van der Waals surface area contributed by atoms with Crippen LogP contribution in [0.3, 0.4) is 0 Å². The van der Waals surface area contributed by atoms with E-state index in [4.69, 9.17) is 4.74 Å². The molecule has 0 aliphatic carbocycles. The Labute approximate surface area is 120 Å². The molecule has 0 atom stereocenters. The van der Waals surface area contributed by atoms with Gasteiger partial charge in [0.1, 0.15) is 0 Å². The summed E-state index contributed by atoms with van der Waals surface area (Å²) in [6.45, 7) is 7.47. The normalized spacial score (nSPS) is 10.7. The molecule has 1 aromatic rings. The van der Waals surface area contributed by atoms with Gasteiger partial charge >= 0.3 is 6.01 Å². The molecule has 1 heterocycles. The van der Waals surface area contributed by atoms with Crippen molar-refractivity contribution in [3.05, 3.63) is 0 Å². The van der Waals surface area contributed by atoms with Gasteiger partial charge in [0.05, 0.1) is 13.7 Å². The second-order valence-electron chi connectivity index (χ2n) is 4.36. The van der Waals surface area contributed by atoms with E-state index in [2.05, 4.69) is 34.1 Å². The fourth-order valence-electron chi connectivity index (χ4n) is 2.09. The van der Waals surface area contributed by atoms with Crippen LogP contribution in [0, 0.1) is 0 Å². The molecule has 0 aliphatic heterocycles. The number of ether oxygens (including phenoxy) is 1. The third-order valence-corrected chi connectivity index (χ3v) is 3.10. The first-order valence-corrected chi connectivity index (χ1v) is 7.11. The van der Waals surface area contributed by atoms with Crippen LogP contribution in [0.25, 0.3) is 0 Å². The lowest BCUT2D eigenvalue weighted by Gasteiger charge is -2.30. The van der Waals surface area contributed by atoms with E-state index in [1.165, 1.54) is 7.11 Å². The quantitative estimate of drug-likeness (QED) is 0.706. The SMILES string of the molecule is CCNc1nc(OC)nc(N(CCO)C(CC)CC)n1. The molecular formula is C13H25N5O2. The molecule has 0 amide bonds. The summed E-state index contributed by atoms with van der Waals surface area (Å²) in [6, 6.07) is 0.559. The van der Waals surface area contributed by atoms with Crippen LogP contribution in [0.2, 0.25) is 0 Å². The van der Waals surface area contributed by atoms with Gasteiger partial charge in [-0.25, -0.2) is 0 Å². The summed E-state index contributed by atoms with van der Waals surface area (Å²) in [7, 11) is 1.53. The van der Waals surface area contributed by atoms with Gasteiger partial charge < -0.3 is 20.1 Å². The molecule has 0 saturated heterocycles. The number of methoxy groups -OCH3 is 1. The largest absolute Gasteiger partial charge is 0.467 e. The lowest BCUT2D eigenvalue weighted by atomic mass is 10.1. The average Bonchev–Trinajstić information content (AvgIpc) is 2.47. The summed E-state index contributed by atoms with van der Waals surface area (Å²) in [5, 5.41) is 12.3. The second kappa shape index (κ2) is 8.52. The molecule has 0 radical (unpaired) electrons. The monoisotopic (exact) mass is 283 g/mol. The fraction of sp³-hybridized carbons (Fsp3) is 0.769. The van der Waals surface area contributed by atoms with Crippen molar-refractivity contribution in [3.63, 3.8) is 0 Å². The zero-order valence-corrected chi connectivity index (χ0v) is 12.8. The van der Waals surface area contributed by atoms with E-state index >= 15 is 0 Å². The standard InChI is InChI=1S/C13H25N5O2/c1-5-10(6-2)18(8-9-19)12-15-11(14-7-3)16-13(17-12)20-4/h10,19H,5-9H2,1-4H3,(H,14,15,16,17). The Morgan fingerprint density at radius 3 is 2.40 bits per heavy atom. The fourth-order valence-corrected chi connectivity index (χ4v) is 2.09. The lowest BCUT2D eigenvalue weighted by Crippen LogP contribution is -2.38. The molecule has 0 aromatic carbocycles. The van der Waals surface area contributed by atoms with Gasteiger partial charge in [-0.3, -0.25) is 0 Å². The number of rotatable bonds is 9. The van der Waals surface area contributed by atoms with E-state index in [1.807, 2.05) is 11.8 Å². The zero-order chi connectivity index (χ0) is 15.0. The topological polar surface area (TPSA) is 83.4 Å². The Morgan fingerprint density at radius 2 is 1.90 bits per heavy atom. The lowest BCUT2D eigenvalue weighted by molar-refractivity contribution is 0.294. The van der Waals surface area contributed by atoms with Crippen molar-refractivity contribution in [1.29, 1.82) is 0 Å². The van der Waals surface area contributed by atoms with Gasteiger partial charge in [0.2, 0.25) is 11.9 Å². The summed E-state index contributed by atoms with van der Waals surface area (Å²) in [5.74, 6) is 1.03. The third kappa shape index (κ3) is 4.19. The van der Waals surface area contributed by atoms with Crippen LogP contribution in [-0.4, -0.2) is 52.9 Å². The number of nitrogens with one attached hydrogen (secondary N) is 1. The van der Waals surface area contributed by atoms with Crippen molar-refractivity contribution in [2.45, 2.75) is 39.7 Å². The van der Waals surface area contributed by atoms with E-state index in [1.54, 1.807) is 0 Å². The highest BCUT2D eigenvalue weighted by atomic mass is 16.5. The molecule has 114 valence electrons. The van der Waals surface area contributed by atoms with Gasteiger partial charge in [0.15, 0.2) is 0 Å². The highest BCUT2D eigenvalue weighted by Crippen LogP contribution is 2.19. The number of hydrogen-bond acceptors (Lipinski definition) is 7. The molecule has 0 fully saturated rings. The highest BCUT2D eigenvalue weighted by molar-refractivity contribution is 5.39. The minimum absolute atomic E-state index is 0.0566. The van der Waals surface area contributed by atoms with Crippen LogP contribution in [-0.2, 0) is 0 Å². The van der Waals surface area contributed by atoms with Crippen LogP contribution < -0.4 is 15.0 Å². The summed E-state index contributed by atoms with van der Waals surface area (Å²) in [6.07, 6.45) is 1.92. The van der Waals surface area contributed by atoms with Crippen LogP contribution >= 0.6 is 0 Å². The van der Waals surface area contributed by atoms with Gasteiger partial charge in [-0.05, 0) is 19.8 Å². The van der Waals surface area contributed by atoms with E-state index < -0.39 is 0 Å². The Balaban J connectivity index is 3.13. The van der Waals surface area contributed by atoms with Crippen molar-refractivity contribution < 1.29 is 9.84 Å². The first-order chi connectivity index (χ1) is 9.69. The first kappa shape index (κ1) is 16.4. The minimum atomic E-state index is 0.0566. The van der Waals surface area contributed by atoms with E-state index in [-0.39, 0.29) is 18.7 Å². The number of anilines is 2. The van der Waals surface area contributed by atoms with Crippen LogP contribution in [0.5, 0.6) is 6.01 Å². The van der Waals surface area contributed by atoms with E-state index in [0.29, 0.717) is 18.4 Å². The minimum Gasteiger partial charge on any atom is -0.467 e. The number of aliphatic hydroxyl groups excluding tert-OH is 1. The molecule has 1 aromatic heterocycles. The molecule has 0 bridgehead atoms. The molecule has 1 rings (SSSR count). The Kier molecular flexibility index (Phi) is 7.00. The van der Waals surface area contributed by atoms with Gasteiger partial charge in [-0.1, -0.05) is 13.8 Å². The van der Waals surface area contributed by atoms with Gasteiger partial charge in [0, 0.05) is 19.1 Å². The van der Waals surface area contributed by atoms with Crippen LogP contribution in [0.1, 0.15) is 33.6 Å². The molecule has 7 nitrogen and oxygen atoms in total. The van der Waals surface area contributed by atoms with Gasteiger partial charge in [0.25, 0.3) is 0 Å². The molecular weight excluding hydrogens is 258 g/mol. The maximum atomic E-state index is 9.28. The second-order valence-corrected chi connectivity index (χ2v) is 4.36. The number of aromatic nitrogens is 3. The number of aliphatic hydroxyl groups is 1. The molecule has 0 spiro atoms. The summed E-state index contributed by atoms with van der Waals surface area (Å²) in [4.78, 5) is 14.9. The maximum absolute atomic E-state index is 9.28. The zero-order valence-electron chi connectivity index (χ0n) is 12.8. The predicted octanol–water partition coefficient (Wildman–Crippen LogP) is 1.30. The Bertz CT molecular complexity index is 398. The number of hydrogen-bond donors (Lipinski definition) is 2. The maximum Gasteiger partial charge on any atom is 0.322 e. The molecule has 2 N–H and O–H groups in total. The molecule has 20 heavy (non-hydrogen) atoms. The van der Waals surface area contributed by atoms with Crippen LogP contribution in [0.15, 0.2) is 0 Å². The molecule has 7 heteroatoms. The van der Waals surface area contributed by atoms with Crippen molar-refractivity contribution in [1.82, 2.24) is 15.0 Å². The summed E-state index contributed by atoms with van der Waals surface area (Å²) >= 11 is 0. The number of nitrogens with zero attached hydrogens (tertiary/aromatic N) is 4. The van der Waals surface area contributed by atoms with Gasteiger partial charge in [-0.2, -0.15) is 15.0 Å². The van der Waals surface area contributed by atoms with Crippen molar-refractivity contribution in [3.8, 4) is 6.01 Å².